The van der Waals surface area contributed by atoms with E-state index in [9.17, 15) is 9.90 Å². The largest absolute Gasteiger partial charge is 0.391 e. The van der Waals surface area contributed by atoms with Gasteiger partial charge in [-0.15, -0.1) is 0 Å². The van der Waals surface area contributed by atoms with E-state index >= 15 is 0 Å². The zero-order valence-corrected chi connectivity index (χ0v) is 14.6. The minimum atomic E-state index is -0.624. The summed E-state index contributed by atoms with van der Waals surface area (Å²) in [6.07, 6.45) is 1.40. The number of ether oxygens (including phenoxy) is 1. The van der Waals surface area contributed by atoms with Gasteiger partial charge in [0.2, 0.25) is 5.91 Å². The van der Waals surface area contributed by atoms with E-state index in [-0.39, 0.29) is 12.5 Å². The highest BCUT2D eigenvalue weighted by Crippen LogP contribution is 2.36. The SMILES string of the molecule is CC(C)CC(O)CNC(=O)C1(c2cccc(Cl)c2)CCOCC1. The van der Waals surface area contributed by atoms with E-state index in [0.717, 1.165) is 5.56 Å². The Hall–Kier alpha value is -1.10. The molecule has 0 aliphatic carbocycles. The van der Waals surface area contributed by atoms with Crippen molar-refractivity contribution in [3.8, 4) is 0 Å². The lowest BCUT2D eigenvalue weighted by Gasteiger charge is -2.36. The Kier molecular flexibility index (Phi) is 6.45. The van der Waals surface area contributed by atoms with Crippen LogP contribution in [0.1, 0.15) is 38.7 Å². The van der Waals surface area contributed by atoms with Crippen LogP contribution in [0, 0.1) is 5.92 Å². The van der Waals surface area contributed by atoms with Gasteiger partial charge in [0.1, 0.15) is 0 Å². The molecule has 5 heteroatoms. The van der Waals surface area contributed by atoms with Gasteiger partial charge in [0.05, 0.1) is 11.5 Å². The lowest BCUT2D eigenvalue weighted by atomic mass is 9.73. The molecule has 0 saturated carbocycles. The molecule has 1 fully saturated rings. The van der Waals surface area contributed by atoms with Crippen LogP contribution in [-0.2, 0) is 14.9 Å². The second kappa shape index (κ2) is 8.13. The van der Waals surface area contributed by atoms with E-state index in [4.69, 9.17) is 16.3 Å². The molecule has 0 bridgehead atoms. The average Bonchev–Trinajstić information content (AvgIpc) is 2.52. The molecule has 1 unspecified atom stereocenters. The molecule has 2 rings (SSSR count). The molecular formula is C18H26ClNO3. The molecule has 2 N–H and O–H groups in total. The minimum absolute atomic E-state index is 0.0501. The molecule has 23 heavy (non-hydrogen) atoms. The van der Waals surface area contributed by atoms with Gasteiger partial charge in [-0.05, 0) is 42.9 Å². The predicted molar refractivity (Wildman–Crippen MR) is 91.7 cm³/mol. The van der Waals surface area contributed by atoms with Crippen LogP contribution in [0.5, 0.6) is 0 Å². The highest BCUT2D eigenvalue weighted by Gasteiger charge is 2.41. The highest BCUT2D eigenvalue weighted by atomic mass is 35.5. The summed E-state index contributed by atoms with van der Waals surface area (Å²) in [5.74, 6) is 0.345. The van der Waals surface area contributed by atoms with Gasteiger partial charge >= 0.3 is 0 Å². The van der Waals surface area contributed by atoms with Gasteiger partial charge in [-0.25, -0.2) is 0 Å². The summed E-state index contributed by atoms with van der Waals surface area (Å²) in [7, 11) is 0. The van der Waals surface area contributed by atoms with Crippen LogP contribution in [0.3, 0.4) is 0 Å². The Balaban J connectivity index is 2.13. The molecule has 1 saturated heterocycles. The molecule has 0 spiro atoms. The summed E-state index contributed by atoms with van der Waals surface area (Å²) < 4.78 is 5.44. The minimum Gasteiger partial charge on any atom is -0.391 e. The summed E-state index contributed by atoms with van der Waals surface area (Å²) >= 11 is 6.11. The first-order valence-corrected chi connectivity index (χ1v) is 8.62. The zero-order valence-electron chi connectivity index (χ0n) is 13.8. The van der Waals surface area contributed by atoms with Crippen molar-refractivity contribution in [2.45, 2.75) is 44.6 Å². The Labute approximate surface area is 143 Å². The standard InChI is InChI=1S/C18H26ClNO3/c1-13(2)10-16(21)12-20-17(22)18(6-8-23-9-7-18)14-4-3-5-15(19)11-14/h3-5,11,13,16,21H,6-10,12H2,1-2H3,(H,20,22). The van der Waals surface area contributed by atoms with Crippen LogP contribution in [0.15, 0.2) is 24.3 Å². The maximum Gasteiger partial charge on any atom is 0.230 e. The molecule has 1 heterocycles. The molecule has 1 aliphatic heterocycles. The van der Waals surface area contributed by atoms with E-state index < -0.39 is 11.5 Å². The number of aliphatic hydroxyl groups excluding tert-OH is 1. The fourth-order valence-electron chi connectivity index (χ4n) is 3.16. The molecule has 1 aromatic rings. The molecule has 128 valence electrons. The molecule has 0 aromatic heterocycles. The van der Waals surface area contributed by atoms with Gasteiger partial charge in [0.15, 0.2) is 0 Å². The smallest absolute Gasteiger partial charge is 0.230 e. The van der Waals surface area contributed by atoms with Crippen LogP contribution in [-0.4, -0.2) is 36.9 Å². The molecule has 4 nitrogen and oxygen atoms in total. The average molecular weight is 340 g/mol. The van der Waals surface area contributed by atoms with Crippen molar-refractivity contribution in [3.63, 3.8) is 0 Å². The van der Waals surface area contributed by atoms with E-state index in [1.807, 2.05) is 24.3 Å². The van der Waals surface area contributed by atoms with Crippen molar-refractivity contribution < 1.29 is 14.6 Å². The molecule has 1 amide bonds. The van der Waals surface area contributed by atoms with Crippen molar-refractivity contribution >= 4 is 17.5 Å². The quantitative estimate of drug-likeness (QED) is 0.837. The highest BCUT2D eigenvalue weighted by molar-refractivity contribution is 6.30. The first kappa shape index (κ1) is 18.2. The van der Waals surface area contributed by atoms with Crippen LogP contribution in [0.4, 0.5) is 0 Å². The van der Waals surface area contributed by atoms with Crippen LogP contribution >= 0.6 is 11.6 Å². The first-order valence-electron chi connectivity index (χ1n) is 8.24. The Bertz CT molecular complexity index is 527. The number of nitrogens with one attached hydrogen (secondary N) is 1. The number of hydrogen-bond acceptors (Lipinski definition) is 3. The van der Waals surface area contributed by atoms with Crippen molar-refractivity contribution in [2.24, 2.45) is 5.92 Å². The van der Waals surface area contributed by atoms with Crippen LogP contribution < -0.4 is 5.32 Å². The summed E-state index contributed by atoms with van der Waals surface area (Å²) in [5.41, 5.74) is 0.296. The van der Waals surface area contributed by atoms with Crippen molar-refractivity contribution in [1.82, 2.24) is 5.32 Å². The summed E-state index contributed by atoms with van der Waals surface area (Å²) in [6, 6.07) is 7.48. The number of aliphatic hydroxyl groups is 1. The van der Waals surface area contributed by atoms with Gasteiger partial charge < -0.3 is 15.2 Å². The van der Waals surface area contributed by atoms with Crippen molar-refractivity contribution in [3.05, 3.63) is 34.9 Å². The van der Waals surface area contributed by atoms with E-state index in [0.29, 0.717) is 43.4 Å². The monoisotopic (exact) mass is 339 g/mol. The predicted octanol–water partition coefficient (Wildman–Crippen LogP) is 2.91. The van der Waals surface area contributed by atoms with Gasteiger partial charge in [0, 0.05) is 24.8 Å². The lowest BCUT2D eigenvalue weighted by Crippen LogP contribution is -2.49. The van der Waals surface area contributed by atoms with Gasteiger partial charge in [-0.1, -0.05) is 37.6 Å². The Morgan fingerprint density at radius 2 is 2.09 bits per heavy atom. The Morgan fingerprint density at radius 3 is 2.70 bits per heavy atom. The maximum atomic E-state index is 12.9. The maximum absolute atomic E-state index is 12.9. The zero-order chi connectivity index (χ0) is 16.9. The van der Waals surface area contributed by atoms with E-state index in [1.165, 1.54) is 0 Å². The fourth-order valence-corrected chi connectivity index (χ4v) is 3.35. The first-order chi connectivity index (χ1) is 10.9. The van der Waals surface area contributed by atoms with Crippen LogP contribution in [0.25, 0.3) is 0 Å². The number of carbonyl (C=O) groups excluding carboxylic acids is 1. The van der Waals surface area contributed by atoms with Gasteiger partial charge in [-0.2, -0.15) is 0 Å². The number of carbonyl (C=O) groups is 1. The molecule has 1 aliphatic rings. The normalized spacial score (nSPS) is 18.7. The second-order valence-electron chi connectivity index (χ2n) is 6.70. The number of halogens is 1. The molecule has 1 atom stereocenters. The third-order valence-corrected chi connectivity index (χ3v) is 4.64. The van der Waals surface area contributed by atoms with Gasteiger partial charge in [0.25, 0.3) is 0 Å². The molecule has 0 radical (unpaired) electrons. The van der Waals surface area contributed by atoms with Gasteiger partial charge in [-0.3, -0.25) is 4.79 Å². The third kappa shape index (κ3) is 4.69. The lowest BCUT2D eigenvalue weighted by molar-refractivity contribution is -0.131. The number of hydrogen-bond donors (Lipinski definition) is 2. The number of amides is 1. The summed E-state index contributed by atoms with van der Waals surface area (Å²) in [4.78, 5) is 12.9. The fraction of sp³-hybridized carbons (Fsp3) is 0.611. The molecular weight excluding hydrogens is 314 g/mol. The van der Waals surface area contributed by atoms with E-state index in [2.05, 4.69) is 19.2 Å². The topological polar surface area (TPSA) is 58.6 Å². The molecule has 1 aromatic carbocycles. The Morgan fingerprint density at radius 1 is 1.39 bits per heavy atom. The number of rotatable bonds is 6. The van der Waals surface area contributed by atoms with Crippen molar-refractivity contribution in [2.75, 3.05) is 19.8 Å². The number of benzene rings is 1. The van der Waals surface area contributed by atoms with E-state index in [1.54, 1.807) is 0 Å². The second-order valence-corrected chi connectivity index (χ2v) is 7.13. The third-order valence-electron chi connectivity index (χ3n) is 4.40. The summed E-state index contributed by atoms with van der Waals surface area (Å²) in [6.45, 7) is 5.48. The summed E-state index contributed by atoms with van der Waals surface area (Å²) in [5, 5.41) is 13.6. The van der Waals surface area contributed by atoms with Crippen LogP contribution in [0.2, 0.25) is 5.02 Å². The van der Waals surface area contributed by atoms with Crippen molar-refractivity contribution in [1.29, 1.82) is 0 Å².